The lowest BCUT2D eigenvalue weighted by atomic mass is 10.4. The number of thiazole rings is 1. The average Bonchev–Trinajstić information content (AvgIpc) is 2.59. The molecule has 1 heterocycles. The molecule has 0 N–H and O–H groups in total. The Labute approximate surface area is 73.9 Å². The second-order valence-corrected chi connectivity index (χ2v) is 2.74. The Kier molecular flexibility index (Phi) is 3.40. The van der Waals surface area contributed by atoms with Gasteiger partial charge in [-0.15, -0.1) is 11.3 Å². The van der Waals surface area contributed by atoms with Crippen molar-refractivity contribution in [2.45, 2.75) is 6.92 Å². The van der Waals surface area contributed by atoms with E-state index in [9.17, 15) is 4.79 Å². The van der Waals surface area contributed by atoms with E-state index in [-0.39, 0.29) is 5.71 Å². The van der Waals surface area contributed by atoms with E-state index >= 15 is 0 Å². The Morgan fingerprint density at radius 1 is 1.92 bits per heavy atom. The zero-order chi connectivity index (χ0) is 8.81. The van der Waals surface area contributed by atoms with Gasteiger partial charge in [-0.25, -0.2) is 4.98 Å². The SMILES string of the molecule is CCON=C(C=O)c1nccs1. The maximum atomic E-state index is 10.5. The molecule has 0 aliphatic carbocycles. The third kappa shape index (κ3) is 2.13. The molecule has 0 bridgehead atoms. The van der Waals surface area contributed by atoms with Gasteiger partial charge in [0.2, 0.25) is 0 Å². The summed E-state index contributed by atoms with van der Waals surface area (Å²) in [6.07, 6.45) is 2.25. The molecular formula is C7H8N2O2S. The van der Waals surface area contributed by atoms with E-state index in [0.717, 1.165) is 0 Å². The zero-order valence-corrected chi connectivity index (χ0v) is 7.37. The highest BCUT2D eigenvalue weighted by Crippen LogP contribution is 2.04. The molecule has 0 atom stereocenters. The summed E-state index contributed by atoms with van der Waals surface area (Å²) in [7, 11) is 0. The summed E-state index contributed by atoms with van der Waals surface area (Å²) in [5.41, 5.74) is 0.242. The molecule has 12 heavy (non-hydrogen) atoms. The van der Waals surface area contributed by atoms with E-state index < -0.39 is 0 Å². The van der Waals surface area contributed by atoms with Crippen LogP contribution >= 0.6 is 11.3 Å². The van der Waals surface area contributed by atoms with Crippen molar-refractivity contribution in [3.8, 4) is 0 Å². The molecule has 1 aromatic heterocycles. The lowest BCUT2D eigenvalue weighted by Gasteiger charge is -1.93. The smallest absolute Gasteiger partial charge is 0.178 e. The van der Waals surface area contributed by atoms with Crippen LogP contribution in [0.2, 0.25) is 0 Å². The molecule has 0 spiro atoms. The highest BCUT2D eigenvalue weighted by Gasteiger charge is 2.04. The fraction of sp³-hybridized carbons (Fsp3) is 0.286. The molecule has 0 aliphatic heterocycles. The van der Waals surface area contributed by atoms with Crippen LogP contribution in [-0.4, -0.2) is 23.6 Å². The number of nitrogens with zero attached hydrogens (tertiary/aromatic N) is 2. The molecule has 1 rings (SSSR count). The van der Waals surface area contributed by atoms with Crippen molar-refractivity contribution in [2.75, 3.05) is 6.61 Å². The van der Waals surface area contributed by atoms with Gasteiger partial charge in [0.1, 0.15) is 11.6 Å². The Bertz CT molecular complexity index is 269. The average molecular weight is 184 g/mol. The first-order chi connectivity index (χ1) is 5.88. The summed E-state index contributed by atoms with van der Waals surface area (Å²) in [6, 6.07) is 0. The van der Waals surface area contributed by atoms with Crippen LogP contribution in [0, 0.1) is 0 Å². The van der Waals surface area contributed by atoms with Gasteiger partial charge in [-0.2, -0.15) is 0 Å². The molecular weight excluding hydrogens is 176 g/mol. The lowest BCUT2D eigenvalue weighted by molar-refractivity contribution is -0.102. The Morgan fingerprint density at radius 2 is 2.75 bits per heavy atom. The molecule has 0 saturated heterocycles. The minimum absolute atomic E-state index is 0.242. The summed E-state index contributed by atoms with van der Waals surface area (Å²) in [5, 5.41) is 5.96. The maximum absolute atomic E-state index is 10.5. The number of carbonyl (C=O) groups is 1. The van der Waals surface area contributed by atoms with Gasteiger partial charge in [0, 0.05) is 11.6 Å². The normalized spacial score (nSPS) is 11.2. The summed E-state index contributed by atoms with van der Waals surface area (Å²) in [5.74, 6) is 0. The predicted molar refractivity (Wildman–Crippen MR) is 46.3 cm³/mol. The molecule has 0 amide bonds. The molecule has 0 fully saturated rings. The third-order valence-corrected chi connectivity index (χ3v) is 1.85. The van der Waals surface area contributed by atoms with Gasteiger partial charge in [-0.05, 0) is 6.92 Å². The van der Waals surface area contributed by atoms with Crippen LogP contribution in [-0.2, 0) is 9.63 Å². The first kappa shape index (κ1) is 8.86. The topological polar surface area (TPSA) is 51.5 Å². The number of oxime groups is 1. The molecule has 0 unspecified atom stereocenters. The van der Waals surface area contributed by atoms with Gasteiger partial charge < -0.3 is 4.84 Å². The van der Waals surface area contributed by atoms with Crippen molar-refractivity contribution in [1.82, 2.24) is 4.98 Å². The number of aromatic nitrogens is 1. The largest absolute Gasteiger partial charge is 0.395 e. The van der Waals surface area contributed by atoms with Crippen molar-refractivity contribution in [2.24, 2.45) is 5.16 Å². The second kappa shape index (κ2) is 4.61. The highest BCUT2D eigenvalue weighted by molar-refractivity contribution is 7.12. The Balaban J connectivity index is 2.76. The maximum Gasteiger partial charge on any atom is 0.178 e. The molecule has 1 aromatic rings. The first-order valence-electron chi connectivity index (χ1n) is 3.43. The van der Waals surface area contributed by atoms with E-state index in [1.807, 2.05) is 0 Å². The standard InChI is InChI=1S/C7H8N2O2S/c1-2-11-9-6(5-10)7-8-3-4-12-7/h3-5H,2H2,1H3. The van der Waals surface area contributed by atoms with E-state index in [4.69, 9.17) is 4.84 Å². The zero-order valence-electron chi connectivity index (χ0n) is 6.56. The van der Waals surface area contributed by atoms with Crippen molar-refractivity contribution in [1.29, 1.82) is 0 Å². The van der Waals surface area contributed by atoms with E-state index in [0.29, 0.717) is 17.9 Å². The van der Waals surface area contributed by atoms with Crippen LogP contribution in [0.15, 0.2) is 16.7 Å². The van der Waals surface area contributed by atoms with E-state index in [1.165, 1.54) is 11.3 Å². The molecule has 4 nitrogen and oxygen atoms in total. The molecule has 0 radical (unpaired) electrons. The first-order valence-corrected chi connectivity index (χ1v) is 4.31. The number of hydrogen-bond acceptors (Lipinski definition) is 5. The van der Waals surface area contributed by atoms with Crippen molar-refractivity contribution < 1.29 is 9.63 Å². The summed E-state index contributed by atoms with van der Waals surface area (Å²) < 4.78 is 0. The number of aldehydes is 1. The van der Waals surface area contributed by atoms with Gasteiger partial charge in [-0.3, -0.25) is 4.79 Å². The van der Waals surface area contributed by atoms with E-state index in [1.54, 1.807) is 18.5 Å². The highest BCUT2D eigenvalue weighted by atomic mass is 32.1. The Morgan fingerprint density at radius 3 is 3.25 bits per heavy atom. The third-order valence-electron chi connectivity index (χ3n) is 1.06. The second-order valence-electron chi connectivity index (χ2n) is 1.85. The van der Waals surface area contributed by atoms with Crippen LogP contribution in [0.5, 0.6) is 0 Å². The van der Waals surface area contributed by atoms with Crippen LogP contribution in [0.3, 0.4) is 0 Å². The van der Waals surface area contributed by atoms with Crippen LogP contribution in [0.25, 0.3) is 0 Å². The molecule has 64 valence electrons. The Hall–Kier alpha value is -1.23. The van der Waals surface area contributed by atoms with Crippen LogP contribution < -0.4 is 0 Å². The van der Waals surface area contributed by atoms with Crippen molar-refractivity contribution in [3.05, 3.63) is 16.6 Å². The van der Waals surface area contributed by atoms with Gasteiger partial charge in [0.05, 0.1) is 0 Å². The van der Waals surface area contributed by atoms with Gasteiger partial charge in [0.25, 0.3) is 0 Å². The lowest BCUT2D eigenvalue weighted by Crippen LogP contribution is -2.02. The van der Waals surface area contributed by atoms with Crippen LogP contribution in [0.1, 0.15) is 11.9 Å². The van der Waals surface area contributed by atoms with E-state index in [2.05, 4.69) is 10.1 Å². The summed E-state index contributed by atoms with van der Waals surface area (Å²) >= 11 is 1.35. The molecule has 5 heteroatoms. The van der Waals surface area contributed by atoms with Crippen LogP contribution in [0.4, 0.5) is 0 Å². The number of hydrogen-bond donors (Lipinski definition) is 0. The van der Waals surface area contributed by atoms with Gasteiger partial charge >= 0.3 is 0 Å². The molecule has 0 aliphatic rings. The summed E-state index contributed by atoms with van der Waals surface area (Å²) in [6.45, 7) is 2.25. The molecule has 0 saturated carbocycles. The molecule has 0 aromatic carbocycles. The summed E-state index contributed by atoms with van der Waals surface area (Å²) in [4.78, 5) is 19.1. The fourth-order valence-electron chi connectivity index (χ4n) is 0.595. The van der Waals surface area contributed by atoms with Gasteiger partial charge in [-0.1, -0.05) is 5.16 Å². The fourth-order valence-corrected chi connectivity index (χ4v) is 1.17. The minimum atomic E-state index is 0.242. The monoisotopic (exact) mass is 184 g/mol. The minimum Gasteiger partial charge on any atom is -0.395 e. The predicted octanol–water partition coefficient (Wildman–Crippen LogP) is 1.08. The van der Waals surface area contributed by atoms with Crippen molar-refractivity contribution in [3.63, 3.8) is 0 Å². The number of rotatable bonds is 4. The van der Waals surface area contributed by atoms with Crippen molar-refractivity contribution >= 4 is 23.3 Å². The number of carbonyl (C=O) groups excluding carboxylic acids is 1. The quantitative estimate of drug-likeness (QED) is 0.399. The van der Waals surface area contributed by atoms with Gasteiger partial charge in [0.15, 0.2) is 12.0 Å².